The molecule has 0 fully saturated rings. The van der Waals surface area contributed by atoms with Crippen molar-refractivity contribution < 1.29 is 4.42 Å². The third kappa shape index (κ3) is 1.80. The smallest absolute Gasteiger partial charge is 0.292 e. The summed E-state index contributed by atoms with van der Waals surface area (Å²) >= 11 is 0. The van der Waals surface area contributed by atoms with Crippen LogP contribution in [0.5, 0.6) is 0 Å². The van der Waals surface area contributed by atoms with E-state index in [4.69, 9.17) is 10.2 Å². The Labute approximate surface area is 107 Å². The number of rotatable bonds is 2. The summed E-state index contributed by atoms with van der Waals surface area (Å²) in [5.41, 5.74) is 10.7. The summed E-state index contributed by atoms with van der Waals surface area (Å²) in [4.78, 5) is 4.29. The van der Waals surface area contributed by atoms with E-state index in [2.05, 4.69) is 37.0 Å². The van der Waals surface area contributed by atoms with Crippen LogP contribution in [-0.2, 0) is 12.8 Å². The van der Waals surface area contributed by atoms with Gasteiger partial charge in [0.05, 0.1) is 5.69 Å². The summed E-state index contributed by atoms with van der Waals surface area (Å²) in [6.45, 7) is 4.21. The van der Waals surface area contributed by atoms with E-state index in [-0.39, 0.29) is 6.01 Å². The van der Waals surface area contributed by atoms with Gasteiger partial charge < -0.3 is 10.2 Å². The Bertz CT molecular complexity index is 584. The lowest BCUT2D eigenvalue weighted by atomic mass is 10.0. The van der Waals surface area contributed by atoms with Crippen LogP contribution in [0.4, 0.5) is 6.01 Å². The second-order valence-corrected chi connectivity index (χ2v) is 5.26. The van der Waals surface area contributed by atoms with Crippen molar-refractivity contribution in [3.63, 3.8) is 0 Å². The maximum absolute atomic E-state index is 5.69. The van der Waals surface area contributed by atoms with Crippen molar-refractivity contribution in [2.75, 3.05) is 5.73 Å². The summed E-state index contributed by atoms with van der Waals surface area (Å²) in [6, 6.07) is 6.82. The molecule has 18 heavy (non-hydrogen) atoms. The lowest BCUT2D eigenvalue weighted by Gasteiger charge is -2.06. The second kappa shape index (κ2) is 4.16. The molecule has 1 heterocycles. The largest absolute Gasteiger partial charge is 0.423 e. The molecule has 1 aliphatic rings. The Hall–Kier alpha value is -1.77. The molecule has 1 aromatic carbocycles. The Balaban J connectivity index is 2.09. The number of hydrogen-bond acceptors (Lipinski definition) is 3. The minimum atomic E-state index is 0.259. The molecule has 0 saturated heterocycles. The molecule has 0 spiro atoms. The Morgan fingerprint density at radius 3 is 2.78 bits per heavy atom. The first-order valence-corrected chi connectivity index (χ1v) is 6.53. The molecule has 0 bridgehead atoms. The second-order valence-electron chi connectivity index (χ2n) is 5.26. The average Bonchev–Trinajstić information content (AvgIpc) is 2.93. The highest BCUT2D eigenvalue weighted by Gasteiger charge is 2.18. The van der Waals surface area contributed by atoms with Crippen molar-refractivity contribution >= 4 is 6.01 Å². The van der Waals surface area contributed by atoms with Crippen LogP contribution in [0.3, 0.4) is 0 Å². The zero-order valence-electron chi connectivity index (χ0n) is 10.9. The number of nitrogen functional groups attached to an aromatic ring is 1. The Kier molecular flexibility index (Phi) is 2.62. The molecule has 0 atom stereocenters. The predicted octanol–water partition coefficient (Wildman–Crippen LogP) is 3.54. The topological polar surface area (TPSA) is 52.0 Å². The molecule has 0 amide bonds. The fourth-order valence-corrected chi connectivity index (χ4v) is 2.66. The van der Waals surface area contributed by atoms with Crippen LogP contribution >= 0.6 is 0 Å². The van der Waals surface area contributed by atoms with Gasteiger partial charge in [0.15, 0.2) is 5.76 Å². The van der Waals surface area contributed by atoms with Crippen molar-refractivity contribution in [2.45, 2.75) is 39.0 Å². The first-order chi connectivity index (χ1) is 8.65. The van der Waals surface area contributed by atoms with Crippen molar-refractivity contribution in [2.24, 2.45) is 0 Å². The molecule has 3 rings (SSSR count). The minimum Gasteiger partial charge on any atom is -0.423 e. The van der Waals surface area contributed by atoms with Gasteiger partial charge in [-0.25, -0.2) is 0 Å². The van der Waals surface area contributed by atoms with Crippen molar-refractivity contribution in [1.82, 2.24) is 4.98 Å². The van der Waals surface area contributed by atoms with Crippen LogP contribution in [0.15, 0.2) is 22.6 Å². The third-order valence-electron chi connectivity index (χ3n) is 3.58. The van der Waals surface area contributed by atoms with Gasteiger partial charge in [0.2, 0.25) is 0 Å². The van der Waals surface area contributed by atoms with Gasteiger partial charge >= 0.3 is 0 Å². The van der Waals surface area contributed by atoms with Crippen LogP contribution < -0.4 is 5.73 Å². The summed E-state index contributed by atoms with van der Waals surface area (Å²) < 4.78 is 5.59. The molecule has 1 aliphatic carbocycles. The Morgan fingerprint density at radius 1 is 1.22 bits per heavy atom. The highest BCUT2D eigenvalue weighted by molar-refractivity contribution is 5.64. The molecular formula is C15H18N2O. The fraction of sp³-hybridized carbons (Fsp3) is 0.400. The molecule has 2 N–H and O–H groups in total. The van der Waals surface area contributed by atoms with Crippen molar-refractivity contribution in [1.29, 1.82) is 0 Å². The zero-order valence-corrected chi connectivity index (χ0v) is 10.9. The number of nitrogens with zero attached hydrogens (tertiary/aromatic N) is 1. The van der Waals surface area contributed by atoms with Gasteiger partial charge in [-0.1, -0.05) is 26.0 Å². The lowest BCUT2D eigenvalue weighted by Crippen LogP contribution is -1.92. The van der Waals surface area contributed by atoms with Crippen LogP contribution in [0.2, 0.25) is 0 Å². The van der Waals surface area contributed by atoms with E-state index in [1.807, 2.05) is 0 Å². The molecule has 3 heteroatoms. The number of benzene rings is 1. The van der Waals surface area contributed by atoms with E-state index in [0.717, 1.165) is 17.0 Å². The average molecular weight is 242 g/mol. The number of fused-ring (bicyclic) bond motifs is 1. The maximum atomic E-state index is 5.69. The summed E-state index contributed by atoms with van der Waals surface area (Å²) in [6.07, 6.45) is 3.63. The van der Waals surface area contributed by atoms with Crippen LogP contribution in [0.1, 0.15) is 43.0 Å². The van der Waals surface area contributed by atoms with Gasteiger partial charge in [0.1, 0.15) is 0 Å². The van der Waals surface area contributed by atoms with Gasteiger partial charge in [-0.05, 0) is 42.4 Å². The minimum absolute atomic E-state index is 0.259. The predicted molar refractivity (Wildman–Crippen MR) is 72.5 cm³/mol. The summed E-state index contributed by atoms with van der Waals surface area (Å²) in [7, 11) is 0. The monoisotopic (exact) mass is 242 g/mol. The fourth-order valence-electron chi connectivity index (χ4n) is 2.66. The number of hydrogen-bond donors (Lipinski definition) is 1. The third-order valence-corrected chi connectivity index (χ3v) is 3.58. The van der Waals surface area contributed by atoms with Gasteiger partial charge in [-0.3, -0.25) is 0 Å². The zero-order chi connectivity index (χ0) is 12.7. The maximum Gasteiger partial charge on any atom is 0.292 e. The molecule has 0 aliphatic heterocycles. The highest BCUT2D eigenvalue weighted by Crippen LogP contribution is 2.33. The van der Waals surface area contributed by atoms with Crippen LogP contribution in [0, 0.1) is 0 Å². The molecule has 2 aromatic rings. The quantitative estimate of drug-likeness (QED) is 0.876. The van der Waals surface area contributed by atoms with E-state index >= 15 is 0 Å². The van der Waals surface area contributed by atoms with E-state index < -0.39 is 0 Å². The highest BCUT2D eigenvalue weighted by atomic mass is 16.4. The van der Waals surface area contributed by atoms with E-state index in [0.29, 0.717) is 5.92 Å². The number of aryl methyl sites for hydroxylation is 2. The number of aromatic nitrogens is 1. The molecule has 0 radical (unpaired) electrons. The van der Waals surface area contributed by atoms with Gasteiger partial charge in [-0.15, -0.1) is 0 Å². The van der Waals surface area contributed by atoms with E-state index in [9.17, 15) is 0 Å². The van der Waals surface area contributed by atoms with Crippen LogP contribution in [0.25, 0.3) is 11.3 Å². The standard InChI is InChI=1S/C15H18N2O/c1-9(2)13-14(18-15(16)17-13)12-7-6-10-4-3-5-11(10)8-12/h6-9H,3-5H2,1-2H3,(H2,16,17). The number of nitrogens with two attached hydrogens (primary N) is 1. The van der Waals surface area contributed by atoms with Crippen molar-refractivity contribution in [3.8, 4) is 11.3 Å². The van der Waals surface area contributed by atoms with Gasteiger partial charge in [0.25, 0.3) is 6.01 Å². The summed E-state index contributed by atoms with van der Waals surface area (Å²) in [5.74, 6) is 1.14. The SMILES string of the molecule is CC(C)c1nc(N)oc1-c1ccc2c(c1)CCC2. The number of anilines is 1. The van der Waals surface area contributed by atoms with Crippen molar-refractivity contribution in [3.05, 3.63) is 35.0 Å². The number of oxazole rings is 1. The molecule has 0 unspecified atom stereocenters. The first kappa shape index (κ1) is 11.3. The molecule has 3 nitrogen and oxygen atoms in total. The Morgan fingerprint density at radius 2 is 2.00 bits per heavy atom. The lowest BCUT2D eigenvalue weighted by molar-refractivity contribution is 0.592. The molecule has 1 aromatic heterocycles. The molecular weight excluding hydrogens is 224 g/mol. The molecule has 0 saturated carbocycles. The van der Waals surface area contributed by atoms with Crippen LogP contribution in [-0.4, -0.2) is 4.98 Å². The van der Waals surface area contributed by atoms with Gasteiger partial charge in [-0.2, -0.15) is 4.98 Å². The summed E-state index contributed by atoms with van der Waals surface area (Å²) in [5, 5.41) is 0. The normalized spacial score (nSPS) is 14.2. The molecule has 94 valence electrons. The van der Waals surface area contributed by atoms with Gasteiger partial charge in [0, 0.05) is 5.56 Å². The first-order valence-electron chi connectivity index (χ1n) is 6.53. The van der Waals surface area contributed by atoms with E-state index in [1.54, 1.807) is 0 Å². The van der Waals surface area contributed by atoms with E-state index in [1.165, 1.54) is 30.4 Å².